The van der Waals surface area contributed by atoms with E-state index in [4.69, 9.17) is 4.74 Å². The van der Waals surface area contributed by atoms with Gasteiger partial charge in [0.1, 0.15) is 5.52 Å². The Balaban J connectivity index is 1.28. The minimum atomic E-state index is 0.0846. The Morgan fingerprint density at radius 1 is 1.08 bits per heavy atom. The number of carbonyl (C=O) groups is 1. The number of H-pyrrole nitrogens is 1. The molecular formula is C21H23N3O2. The molecule has 2 aromatic heterocycles. The molecule has 1 fully saturated rings. The van der Waals surface area contributed by atoms with Crippen LogP contribution in [0, 0.1) is 11.8 Å². The molecule has 0 atom stereocenters. The van der Waals surface area contributed by atoms with Crippen molar-refractivity contribution >= 4 is 16.9 Å². The van der Waals surface area contributed by atoms with Gasteiger partial charge in [0.25, 0.3) is 0 Å². The number of rotatable bonds is 6. The summed E-state index contributed by atoms with van der Waals surface area (Å²) in [6, 6.07) is 10.2. The highest BCUT2D eigenvalue weighted by Crippen LogP contribution is 2.32. The zero-order valence-electron chi connectivity index (χ0n) is 14.7. The third kappa shape index (κ3) is 3.68. The lowest BCUT2D eigenvalue weighted by molar-refractivity contribution is 0.0619. The number of aromatic amines is 1. The Labute approximate surface area is 152 Å². The van der Waals surface area contributed by atoms with Crippen molar-refractivity contribution < 1.29 is 9.53 Å². The van der Waals surface area contributed by atoms with Gasteiger partial charge in [-0.3, -0.25) is 9.78 Å². The summed E-state index contributed by atoms with van der Waals surface area (Å²) in [6.07, 6.45) is 8.94. The van der Waals surface area contributed by atoms with Gasteiger partial charge in [0, 0.05) is 31.1 Å². The molecule has 0 radical (unpaired) electrons. The standard InChI is InChI=1S/C21H23N3O2/c25-20(18-12-24-21-19(18)22-10-11-23-21)17-8-6-16(7-9-17)14-26-13-15-4-2-1-3-5-15/h1-5,10-12,16-17H,6-9,13-14H2,(H,23,24). The van der Waals surface area contributed by atoms with Crippen molar-refractivity contribution in [3.05, 3.63) is 60.0 Å². The lowest BCUT2D eigenvalue weighted by Gasteiger charge is -2.27. The van der Waals surface area contributed by atoms with Crippen molar-refractivity contribution in [2.75, 3.05) is 6.61 Å². The number of ketones is 1. The fraction of sp³-hybridized carbons (Fsp3) is 0.381. The smallest absolute Gasteiger partial charge is 0.169 e. The second-order valence-corrected chi connectivity index (χ2v) is 7.04. The Bertz CT molecular complexity index is 867. The van der Waals surface area contributed by atoms with E-state index in [-0.39, 0.29) is 11.7 Å². The largest absolute Gasteiger partial charge is 0.376 e. The first-order valence-corrected chi connectivity index (χ1v) is 9.25. The van der Waals surface area contributed by atoms with E-state index < -0.39 is 0 Å². The minimum Gasteiger partial charge on any atom is -0.376 e. The van der Waals surface area contributed by atoms with E-state index in [1.54, 1.807) is 18.6 Å². The number of ether oxygens (including phenoxy) is 1. The van der Waals surface area contributed by atoms with E-state index in [9.17, 15) is 4.79 Å². The summed E-state index contributed by atoms with van der Waals surface area (Å²) in [5.74, 6) is 0.826. The molecule has 4 rings (SSSR count). The lowest BCUT2D eigenvalue weighted by atomic mass is 9.79. The molecule has 5 heteroatoms. The molecule has 0 saturated heterocycles. The zero-order chi connectivity index (χ0) is 17.8. The number of nitrogens with zero attached hydrogens (tertiary/aromatic N) is 2. The average Bonchev–Trinajstić information content (AvgIpc) is 3.13. The van der Waals surface area contributed by atoms with Crippen LogP contribution in [0.5, 0.6) is 0 Å². The Morgan fingerprint density at radius 3 is 2.65 bits per heavy atom. The molecule has 1 aliphatic rings. The number of carbonyl (C=O) groups excluding carboxylic acids is 1. The van der Waals surface area contributed by atoms with E-state index in [1.807, 2.05) is 18.2 Å². The second-order valence-electron chi connectivity index (χ2n) is 7.04. The van der Waals surface area contributed by atoms with Crippen molar-refractivity contribution in [1.29, 1.82) is 0 Å². The zero-order valence-corrected chi connectivity index (χ0v) is 14.7. The summed E-state index contributed by atoms with van der Waals surface area (Å²) in [4.78, 5) is 24.4. The van der Waals surface area contributed by atoms with Gasteiger partial charge in [0.2, 0.25) is 0 Å². The van der Waals surface area contributed by atoms with Gasteiger partial charge < -0.3 is 9.72 Å². The summed E-state index contributed by atoms with van der Waals surface area (Å²) in [5, 5.41) is 0. The van der Waals surface area contributed by atoms with E-state index in [0.717, 1.165) is 32.3 Å². The number of nitrogens with one attached hydrogen (secondary N) is 1. The van der Waals surface area contributed by atoms with Crippen LogP contribution in [0.3, 0.4) is 0 Å². The van der Waals surface area contributed by atoms with Gasteiger partial charge in [-0.15, -0.1) is 0 Å². The molecule has 0 aliphatic heterocycles. The molecule has 0 spiro atoms. The molecule has 0 unspecified atom stereocenters. The normalized spacial score (nSPS) is 20.3. The van der Waals surface area contributed by atoms with Gasteiger partial charge in [-0.2, -0.15) is 0 Å². The van der Waals surface area contributed by atoms with E-state index >= 15 is 0 Å². The number of fused-ring (bicyclic) bond motifs is 1. The quantitative estimate of drug-likeness (QED) is 0.678. The van der Waals surface area contributed by atoms with Crippen LogP contribution < -0.4 is 0 Å². The van der Waals surface area contributed by atoms with Crippen molar-refractivity contribution in [2.24, 2.45) is 11.8 Å². The highest BCUT2D eigenvalue weighted by Gasteiger charge is 2.28. The molecule has 1 saturated carbocycles. The van der Waals surface area contributed by atoms with Crippen LogP contribution in [-0.4, -0.2) is 27.3 Å². The van der Waals surface area contributed by atoms with Crippen LogP contribution in [-0.2, 0) is 11.3 Å². The number of hydrogen-bond donors (Lipinski definition) is 1. The molecule has 26 heavy (non-hydrogen) atoms. The fourth-order valence-corrected chi connectivity index (χ4v) is 3.77. The molecule has 5 nitrogen and oxygen atoms in total. The molecule has 0 amide bonds. The maximum absolute atomic E-state index is 12.9. The number of Topliss-reactive ketones (excluding diaryl/α,β-unsaturated/α-hetero) is 1. The third-order valence-electron chi connectivity index (χ3n) is 5.25. The Kier molecular flexibility index (Phi) is 5.07. The molecule has 134 valence electrons. The molecule has 3 aromatic rings. The first-order valence-electron chi connectivity index (χ1n) is 9.25. The van der Waals surface area contributed by atoms with Crippen molar-refractivity contribution in [3.8, 4) is 0 Å². The van der Waals surface area contributed by atoms with Gasteiger partial charge in [0.05, 0.1) is 12.2 Å². The molecule has 1 N–H and O–H groups in total. The van der Waals surface area contributed by atoms with Crippen molar-refractivity contribution in [1.82, 2.24) is 15.0 Å². The highest BCUT2D eigenvalue weighted by atomic mass is 16.5. The van der Waals surface area contributed by atoms with Crippen molar-refractivity contribution in [3.63, 3.8) is 0 Å². The Hall–Kier alpha value is -2.53. The SMILES string of the molecule is O=C(c1c[nH]c2nccnc12)C1CCC(COCc2ccccc2)CC1. The van der Waals surface area contributed by atoms with E-state index in [0.29, 0.717) is 29.3 Å². The molecule has 0 bridgehead atoms. The highest BCUT2D eigenvalue weighted by molar-refractivity contribution is 6.06. The lowest BCUT2D eigenvalue weighted by Crippen LogP contribution is -2.24. The van der Waals surface area contributed by atoms with Gasteiger partial charge in [-0.05, 0) is 37.2 Å². The number of aromatic nitrogens is 3. The topological polar surface area (TPSA) is 67.9 Å². The van der Waals surface area contributed by atoms with E-state index in [2.05, 4.69) is 27.1 Å². The molecule has 2 heterocycles. The fourth-order valence-electron chi connectivity index (χ4n) is 3.77. The number of benzene rings is 1. The van der Waals surface area contributed by atoms with Gasteiger partial charge >= 0.3 is 0 Å². The van der Waals surface area contributed by atoms with Crippen molar-refractivity contribution in [2.45, 2.75) is 32.3 Å². The van der Waals surface area contributed by atoms with Crippen LogP contribution in [0.15, 0.2) is 48.9 Å². The van der Waals surface area contributed by atoms with E-state index in [1.165, 1.54) is 5.56 Å². The summed E-state index contributed by atoms with van der Waals surface area (Å²) in [5.41, 5.74) is 3.25. The number of hydrogen-bond acceptors (Lipinski definition) is 4. The first-order chi connectivity index (χ1) is 12.8. The summed E-state index contributed by atoms with van der Waals surface area (Å²) >= 11 is 0. The van der Waals surface area contributed by atoms with Gasteiger partial charge in [-0.1, -0.05) is 30.3 Å². The summed E-state index contributed by atoms with van der Waals surface area (Å²) in [6.45, 7) is 1.43. The third-order valence-corrected chi connectivity index (χ3v) is 5.25. The van der Waals surface area contributed by atoms with Crippen LogP contribution in [0.2, 0.25) is 0 Å². The predicted octanol–water partition coefficient (Wildman–Crippen LogP) is 4.16. The Morgan fingerprint density at radius 2 is 1.85 bits per heavy atom. The van der Waals surface area contributed by atoms with Crippen LogP contribution in [0.25, 0.3) is 11.2 Å². The monoisotopic (exact) mass is 349 g/mol. The minimum absolute atomic E-state index is 0.0846. The van der Waals surface area contributed by atoms with Crippen LogP contribution >= 0.6 is 0 Å². The van der Waals surface area contributed by atoms with Crippen LogP contribution in [0.1, 0.15) is 41.6 Å². The molecule has 1 aromatic carbocycles. The average molecular weight is 349 g/mol. The summed E-state index contributed by atoms with van der Waals surface area (Å²) < 4.78 is 5.88. The first kappa shape index (κ1) is 16.9. The predicted molar refractivity (Wildman–Crippen MR) is 99.8 cm³/mol. The van der Waals surface area contributed by atoms with Gasteiger partial charge in [-0.25, -0.2) is 4.98 Å². The summed E-state index contributed by atoms with van der Waals surface area (Å²) in [7, 11) is 0. The maximum atomic E-state index is 12.9. The second kappa shape index (κ2) is 7.79. The molecule has 1 aliphatic carbocycles. The van der Waals surface area contributed by atoms with Gasteiger partial charge in [0.15, 0.2) is 11.4 Å². The maximum Gasteiger partial charge on any atom is 0.169 e. The molecular weight excluding hydrogens is 326 g/mol. The van der Waals surface area contributed by atoms with Crippen LogP contribution in [0.4, 0.5) is 0 Å².